The van der Waals surface area contributed by atoms with E-state index in [1.807, 2.05) is 18.0 Å². The van der Waals surface area contributed by atoms with Crippen LogP contribution < -0.4 is 5.32 Å². The summed E-state index contributed by atoms with van der Waals surface area (Å²) in [5.41, 5.74) is 3.97. The Bertz CT molecular complexity index is 940. The van der Waals surface area contributed by atoms with E-state index >= 15 is 0 Å². The van der Waals surface area contributed by atoms with Gasteiger partial charge in [0.1, 0.15) is 0 Å². The van der Waals surface area contributed by atoms with Crippen LogP contribution in [0.5, 0.6) is 0 Å². The second-order valence-electron chi connectivity index (χ2n) is 9.82. The number of likely N-dealkylation sites (tertiary alicyclic amines) is 1. The second kappa shape index (κ2) is 10.6. The lowest BCUT2D eigenvalue weighted by molar-refractivity contribution is -0.130. The Kier molecular flexibility index (Phi) is 7.77. The minimum Gasteiger partial charge on any atom is -0.384 e. The van der Waals surface area contributed by atoms with Crippen molar-refractivity contribution in [3.63, 3.8) is 0 Å². The molecule has 1 unspecified atom stereocenters. The molecule has 6 heteroatoms. The van der Waals surface area contributed by atoms with Crippen molar-refractivity contribution in [1.82, 2.24) is 14.7 Å². The predicted molar refractivity (Wildman–Crippen MR) is 140 cm³/mol. The van der Waals surface area contributed by atoms with Crippen LogP contribution in [-0.4, -0.2) is 74.5 Å². The van der Waals surface area contributed by atoms with Gasteiger partial charge in [0.2, 0.25) is 5.91 Å². The van der Waals surface area contributed by atoms with E-state index in [0.29, 0.717) is 6.42 Å². The molecule has 1 amide bonds. The summed E-state index contributed by atoms with van der Waals surface area (Å²) in [4.78, 5) is 19.8. The maximum Gasteiger partial charge on any atom is 0.222 e. The Morgan fingerprint density at radius 2 is 1.85 bits per heavy atom. The smallest absolute Gasteiger partial charge is 0.222 e. The van der Waals surface area contributed by atoms with Gasteiger partial charge in [-0.2, -0.15) is 0 Å². The first-order valence-corrected chi connectivity index (χ1v) is 12.9. The summed E-state index contributed by atoms with van der Waals surface area (Å²) in [7, 11) is 6.37. The SMILES string of the molecule is CN(CCCN1CCC(c2ccccc2)(N(C)C)CC1)C(=O)CC1CNc2ccc(Br)cc21. The molecule has 0 saturated carbocycles. The highest BCUT2D eigenvalue weighted by Gasteiger charge is 2.37. The zero-order chi connectivity index (χ0) is 23.4. The maximum atomic E-state index is 12.9. The molecule has 1 fully saturated rings. The van der Waals surface area contributed by atoms with Crippen LogP contribution >= 0.6 is 15.9 Å². The third kappa shape index (κ3) is 5.44. The zero-order valence-electron chi connectivity index (χ0n) is 20.2. The van der Waals surface area contributed by atoms with Crippen molar-refractivity contribution in [3.8, 4) is 0 Å². The number of hydrogen-bond donors (Lipinski definition) is 1. The number of anilines is 1. The van der Waals surface area contributed by atoms with Gasteiger partial charge < -0.3 is 15.1 Å². The van der Waals surface area contributed by atoms with Gasteiger partial charge in [0.15, 0.2) is 0 Å². The molecule has 1 saturated heterocycles. The lowest BCUT2D eigenvalue weighted by atomic mass is 9.80. The van der Waals surface area contributed by atoms with Crippen molar-refractivity contribution in [2.24, 2.45) is 0 Å². The Hall–Kier alpha value is -1.89. The number of hydrogen-bond acceptors (Lipinski definition) is 4. The third-order valence-corrected chi connectivity index (χ3v) is 8.15. The summed E-state index contributed by atoms with van der Waals surface area (Å²) < 4.78 is 1.07. The lowest BCUT2D eigenvalue weighted by Gasteiger charge is -2.46. The van der Waals surface area contributed by atoms with Crippen molar-refractivity contribution < 1.29 is 4.79 Å². The number of carbonyl (C=O) groups excluding carboxylic acids is 1. The van der Waals surface area contributed by atoms with Crippen molar-refractivity contribution in [1.29, 1.82) is 0 Å². The number of amides is 1. The van der Waals surface area contributed by atoms with Crippen LogP contribution in [0.1, 0.15) is 42.7 Å². The Morgan fingerprint density at radius 3 is 2.55 bits per heavy atom. The number of rotatable bonds is 8. The van der Waals surface area contributed by atoms with E-state index < -0.39 is 0 Å². The van der Waals surface area contributed by atoms with E-state index in [4.69, 9.17) is 0 Å². The van der Waals surface area contributed by atoms with E-state index in [0.717, 1.165) is 62.1 Å². The number of benzene rings is 2. The molecule has 2 aromatic carbocycles. The highest BCUT2D eigenvalue weighted by Crippen LogP contribution is 2.37. The number of nitrogens with one attached hydrogen (secondary N) is 1. The van der Waals surface area contributed by atoms with Crippen LogP contribution in [-0.2, 0) is 10.3 Å². The molecule has 1 atom stereocenters. The highest BCUT2D eigenvalue weighted by atomic mass is 79.9. The Morgan fingerprint density at radius 1 is 1.12 bits per heavy atom. The van der Waals surface area contributed by atoms with E-state index in [1.165, 1.54) is 11.1 Å². The van der Waals surface area contributed by atoms with Crippen molar-refractivity contribution in [2.75, 3.05) is 59.2 Å². The minimum atomic E-state index is 0.130. The fourth-order valence-electron chi connectivity index (χ4n) is 5.47. The Labute approximate surface area is 207 Å². The fourth-order valence-corrected chi connectivity index (χ4v) is 5.85. The molecule has 0 spiro atoms. The van der Waals surface area contributed by atoms with Gasteiger partial charge in [0.05, 0.1) is 0 Å². The third-order valence-electron chi connectivity index (χ3n) is 7.66. The number of carbonyl (C=O) groups is 1. The zero-order valence-corrected chi connectivity index (χ0v) is 21.8. The standard InChI is InChI=1S/C27H37BrN4O/c1-30(2)27(22-8-5-4-6-9-22)12-16-32(17-13-27)15-7-14-31(3)26(33)18-21-20-29-25-11-10-23(28)19-24(21)25/h4-6,8-11,19,21,29H,7,12-18,20H2,1-3H3. The topological polar surface area (TPSA) is 38.8 Å². The van der Waals surface area contributed by atoms with E-state index in [9.17, 15) is 4.79 Å². The molecule has 0 bridgehead atoms. The van der Waals surface area contributed by atoms with E-state index in [1.54, 1.807) is 0 Å². The summed E-state index contributed by atoms with van der Waals surface area (Å²) in [6.45, 7) is 4.91. The molecule has 1 N–H and O–H groups in total. The molecule has 33 heavy (non-hydrogen) atoms. The van der Waals surface area contributed by atoms with Crippen LogP contribution in [0.15, 0.2) is 53.0 Å². The average Bonchev–Trinajstić information content (AvgIpc) is 3.21. The maximum absolute atomic E-state index is 12.9. The normalized spacial score (nSPS) is 19.8. The first kappa shape index (κ1) is 24.2. The monoisotopic (exact) mass is 512 g/mol. The molecule has 5 nitrogen and oxygen atoms in total. The van der Waals surface area contributed by atoms with Crippen molar-refractivity contribution in [3.05, 3.63) is 64.1 Å². The number of nitrogens with zero attached hydrogens (tertiary/aromatic N) is 3. The molecule has 2 aliphatic rings. The van der Waals surface area contributed by atoms with Crippen molar-refractivity contribution >= 4 is 27.5 Å². The summed E-state index contributed by atoms with van der Waals surface area (Å²) in [6.07, 6.45) is 3.87. The number of fused-ring (bicyclic) bond motifs is 1. The fraction of sp³-hybridized carbons (Fsp3) is 0.519. The van der Waals surface area contributed by atoms with Crippen LogP contribution in [0.25, 0.3) is 0 Å². The molecule has 0 radical (unpaired) electrons. The quantitative estimate of drug-likeness (QED) is 0.553. The van der Waals surface area contributed by atoms with Gasteiger partial charge in [0, 0.05) is 61.3 Å². The molecule has 178 valence electrons. The summed E-state index contributed by atoms with van der Waals surface area (Å²) in [6, 6.07) is 17.2. The van der Waals surface area contributed by atoms with Crippen LogP contribution in [0.2, 0.25) is 0 Å². The highest BCUT2D eigenvalue weighted by molar-refractivity contribution is 9.10. The number of piperidine rings is 1. The average molecular weight is 514 g/mol. The first-order chi connectivity index (χ1) is 15.9. The lowest BCUT2D eigenvalue weighted by Crippen LogP contribution is -2.50. The Balaban J connectivity index is 1.23. The molecular weight excluding hydrogens is 476 g/mol. The van der Waals surface area contributed by atoms with Gasteiger partial charge in [-0.25, -0.2) is 0 Å². The molecule has 2 aliphatic heterocycles. The summed E-state index contributed by atoms with van der Waals surface area (Å²) in [5.74, 6) is 0.496. The molecule has 2 aromatic rings. The number of halogens is 1. The van der Waals surface area contributed by atoms with Gasteiger partial charge >= 0.3 is 0 Å². The largest absolute Gasteiger partial charge is 0.384 e. The molecular formula is C27H37BrN4O. The van der Waals surface area contributed by atoms with Crippen LogP contribution in [0, 0.1) is 0 Å². The minimum absolute atomic E-state index is 0.130. The van der Waals surface area contributed by atoms with Gasteiger partial charge in [-0.3, -0.25) is 9.69 Å². The molecule has 4 rings (SSSR count). The molecule has 0 aliphatic carbocycles. The van der Waals surface area contributed by atoms with Gasteiger partial charge in [-0.1, -0.05) is 46.3 Å². The van der Waals surface area contributed by atoms with Crippen LogP contribution in [0.3, 0.4) is 0 Å². The molecule has 2 heterocycles. The second-order valence-corrected chi connectivity index (χ2v) is 10.7. The first-order valence-electron chi connectivity index (χ1n) is 12.1. The van der Waals surface area contributed by atoms with Crippen LogP contribution in [0.4, 0.5) is 5.69 Å². The predicted octanol–water partition coefficient (Wildman–Crippen LogP) is 4.75. The van der Waals surface area contributed by atoms with Gasteiger partial charge in [-0.15, -0.1) is 0 Å². The van der Waals surface area contributed by atoms with Gasteiger partial charge in [-0.05, 0) is 69.2 Å². The molecule has 0 aromatic heterocycles. The van der Waals surface area contributed by atoms with Gasteiger partial charge in [0.25, 0.3) is 0 Å². The van der Waals surface area contributed by atoms with E-state index in [-0.39, 0.29) is 17.4 Å². The van der Waals surface area contributed by atoms with Crippen molar-refractivity contribution in [2.45, 2.75) is 37.1 Å². The summed E-state index contributed by atoms with van der Waals surface area (Å²) >= 11 is 3.56. The summed E-state index contributed by atoms with van der Waals surface area (Å²) in [5, 5.41) is 3.43. The van der Waals surface area contributed by atoms with E-state index in [2.05, 4.69) is 87.6 Å².